The molecule has 74 valence electrons. The molecule has 1 atom stereocenters. The molecule has 4 heteroatoms. The number of alkyl halides is 1. The van der Waals surface area contributed by atoms with Gasteiger partial charge in [-0.3, -0.25) is 0 Å². The largest absolute Gasteiger partial charge is 0.319 e. The number of para-hydroxylation sites is 1. The minimum Gasteiger partial charge on any atom is -0.204 e. The van der Waals surface area contributed by atoms with Crippen LogP contribution in [-0.2, 0) is 11.3 Å². The monoisotopic (exact) mass is 212 g/mol. The van der Waals surface area contributed by atoms with Gasteiger partial charge in [-0.1, -0.05) is 29.8 Å². The Balaban J connectivity index is 2.41. The van der Waals surface area contributed by atoms with E-state index < -0.39 is 5.06 Å². The molecule has 2 rings (SSSR count). The highest BCUT2D eigenvalue weighted by molar-refractivity contribution is 6.22. The molecule has 0 amide bonds. The molecule has 1 aliphatic heterocycles. The summed E-state index contributed by atoms with van der Waals surface area (Å²) in [6.07, 6.45) is 1.39. The van der Waals surface area contributed by atoms with E-state index in [2.05, 4.69) is 0 Å². The van der Waals surface area contributed by atoms with Crippen molar-refractivity contribution in [1.29, 1.82) is 0 Å². The Labute approximate surface area is 87.2 Å². The van der Waals surface area contributed by atoms with E-state index in [0.717, 1.165) is 12.0 Å². The van der Waals surface area contributed by atoms with E-state index >= 15 is 0 Å². The number of fused-ring (bicyclic) bond motifs is 1. The normalized spacial score (nSPS) is 26.3. The van der Waals surface area contributed by atoms with Crippen LogP contribution in [0.2, 0.25) is 0 Å². The standard InChI is InChI=1S/C10H11ClNO2/c1-10(11)7-6-8-4-2-3-5-9(8)12(13)14-10/h2-5H,6-7H2,1H3/q+1. The minimum atomic E-state index is -0.902. The van der Waals surface area contributed by atoms with Gasteiger partial charge in [0, 0.05) is 18.1 Å². The van der Waals surface area contributed by atoms with E-state index in [9.17, 15) is 4.91 Å². The lowest BCUT2D eigenvalue weighted by Crippen LogP contribution is -2.23. The highest BCUT2D eigenvalue weighted by Crippen LogP contribution is 2.32. The van der Waals surface area contributed by atoms with Gasteiger partial charge in [0.1, 0.15) is 0 Å². The smallest absolute Gasteiger partial charge is 0.204 e. The zero-order valence-corrected chi connectivity index (χ0v) is 8.62. The van der Waals surface area contributed by atoms with Gasteiger partial charge < -0.3 is 0 Å². The number of halogens is 1. The second-order valence-electron chi connectivity index (χ2n) is 3.58. The van der Waals surface area contributed by atoms with E-state index in [4.69, 9.17) is 16.4 Å². The molecule has 0 aliphatic carbocycles. The highest BCUT2D eigenvalue weighted by atomic mass is 35.5. The van der Waals surface area contributed by atoms with Crippen molar-refractivity contribution in [2.75, 3.05) is 0 Å². The first-order valence-electron chi connectivity index (χ1n) is 4.52. The van der Waals surface area contributed by atoms with Crippen LogP contribution in [0.25, 0.3) is 0 Å². The number of nitrogens with zero attached hydrogens (tertiary/aromatic N) is 1. The molecule has 0 aromatic heterocycles. The van der Waals surface area contributed by atoms with Crippen LogP contribution in [0.15, 0.2) is 24.3 Å². The molecule has 0 saturated carbocycles. The molecule has 14 heavy (non-hydrogen) atoms. The summed E-state index contributed by atoms with van der Waals surface area (Å²) < 4.78 is 0. The number of aryl methyl sites for hydroxylation is 1. The van der Waals surface area contributed by atoms with Crippen LogP contribution in [0.4, 0.5) is 5.69 Å². The molecular formula is C10H11ClNO2+. The molecule has 3 nitrogen and oxygen atoms in total. The topological polar surface area (TPSA) is 29.3 Å². The third-order valence-electron chi connectivity index (χ3n) is 2.30. The molecule has 0 N–H and O–H groups in total. The van der Waals surface area contributed by atoms with E-state index in [1.165, 1.54) is 0 Å². The first-order chi connectivity index (χ1) is 6.58. The Kier molecular flexibility index (Phi) is 2.19. The predicted octanol–water partition coefficient (Wildman–Crippen LogP) is 2.93. The molecule has 1 heterocycles. The van der Waals surface area contributed by atoms with Crippen molar-refractivity contribution in [3.63, 3.8) is 0 Å². The van der Waals surface area contributed by atoms with Crippen LogP contribution in [0.5, 0.6) is 0 Å². The van der Waals surface area contributed by atoms with Crippen molar-refractivity contribution in [3.05, 3.63) is 34.7 Å². The lowest BCUT2D eigenvalue weighted by Gasteiger charge is -2.11. The lowest BCUT2D eigenvalue weighted by atomic mass is 10.1. The fourth-order valence-electron chi connectivity index (χ4n) is 1.53. The van der Waals surface area contributed by atoms with Crippen LogP contribution in [0.1, 0.15) is 18.9 Å². The molecule has 1 unspecified atom stereocenters. The van der Waals surface area contributed by atoms with Crippen LogP contribution in [-0.4, -0.2) is 9.98 Å². The van der Waals surface area contributed by atoms with Crippen molar-refractivity contribution >= 4 is 17.3 Å². The van der Waals surface area contributed by atoms with E-state index in [1.54, 1.807) is 13.0 Å². The second kappa shape index (κ2) is 3.24. The average Bonchev–Trinajstić information content (AvgIpc) is 2.24. The summed E-state index contributed by atoms with van der Waals surface area (Å²) in [5, 5.41) is -0.902. The molecule has 0 saturated heterocycles. The van der Waals surface area contributed by atoms with Crippen molar-refractivity contribution in [2.24, 2.45) is 0 Å². The van der Waals surface area contributed by atoms with Crippen molar-refractivity contribution in [3.8, 4) is 0 Å². The van der Waals surface area contributed by atoms with Crippen LogP contribution in [0, 0.1) is 4.91 Å². The van der Waals surface area contributed by atoms with Crippen molar-refractivity contribution < 1.29 is 9.76 Å². The maximum atomic E-state index is 11.5. The molecule has 0 radical (unpaired) electrons. The Morgan fingerprint density at radius 3 is 3.00 bits per heavy atom. The third kappa shape index (κ3) is 1.73. The molecule has 1 aromatic carbocycles. The van der Waals surface area contributed by atoms with Gasteiger partial charge in [-0.25, -0.2) is 4.84 Å². The molecule has 0 spiro atoms. The summed E-state index contributed by atoms with van der Waals surface area (Å²) >= 11 is 6.00. The van der Waals surface area contributed by atoms with Gasteiger partial charge in [0.05, 0.1) is 4.91 Å². The first kappa shape index (κ1) is 9.46. The van der Waals surface area contributed by atoms with Crippen LogP contribution in [0.3, 0.4) is 0 Å². The van der Waals surface area contributed by atoms with Gasteiger partial charge in [-0.2, -0.15) is 0 Å². The van der Waals surface area contributed by atoms with Gasteiger partial charge in [-0.15, -0.1) is 0 Å². The van der Waals surface area contributed by atoms with Gasteiger partial charge in [0.15, 0.2) is 0 Å². The van der Waals surface area contributed by atoms with Crippen molar-refractivity contribution in [2.45, 2.75) is 24.8 Å². The second-order valence-corrected chi connectivity index (χ2v) is 4.38. The first-order valence-corrected chi connectivity index (χ1v) is 4.89. The summed E-state index contributed by atoms with van der Waals surface area (Å²) in [7, 11) is 0. The van der Waals surface area contributed by atoms with Gasteiger partial charge >= 0.3 is 5.69 Å². The Morgan fingerprint density at radius 2 is 2.21 bits per heavy atom. The lowest BCUT2D eigenvalue weighted by molar-refractivity contribution is -0.759. The quantitative estimate of drug-likeness (QED) is 0.619. The summed E-state index contributed by atoms with van der Waals surface area (Å²) in [6.45, 7) is 1.70. The summed E-state index contributed by atoms with van der Waals surface area (Å²) in [4.78, 5) is 17.1. The van der Waals surface area contributed by atoms with Crippen LogP contribution >= 0.6 is 11.6 Å². The SMILES string of the molecule is CC1(Cl)CCc2ccccc2[N+](=O)O1. The molecular weight excluding hydrogens is 202 g/mol. The average molecular weight is 213 g/mol. The Bertz CT molecular complexity index is 376. The molecule has 1 aromatic rings. The summed E-state index contributed by atoms with van der Waals surface area (Å²) in [6, 6.07) is 7.37. The van der Waals surface area contributed by atoms with E-state index in [1.807, 2.05) is 18.2 Å². The number of rotatable bonds is 0. The zero-order chi connectivity index (χ0) is 10.2. The molecule has 0 fully saturated rings. The fraction of sp³-hybridized carbons (Fsp3) is 0.400. The highest BCUT2D eigenvalue weighted by Gasteiger charge is 2.38. The van der Waals surface area contributed by atoms with Gasteiger partial charge in [0.25, 0.3) is 9.98 Å². The fourth-order valence-corrected chi connectivity index (χ4v) is 1.68. The van der Waals surface area contributed by atoms with Crippen molar-refractivity contribution in [1.82, 2.24) is 0 Å². The maximum absolute atomic E-state index is 11.5. The summed E-state index contributed by atoms with van der Waals surface area (Å²) in [5.74, 6) is 0. The Hall–Kier alpha value is -1.09. The minimum absolute atomic E-state index is 0.509. The zero-order valence-electron chi connectivity index (χ0n) is 7.87. The predicted molar refractivity (Wildman–Crippen MR) is 53.4 cm³/mol. The number of hydrogen-bond acceptors (Lipinski definition) is 2. The number of benzene rings is 1. The maximum Gasteiger partial charge on any atom is 0.319 e. The third-order valence-corrected chi connectivity index (χ3v) is 2.56. The van der Waals surface area contributed by atoms with Gasteiger partial charge in [-0.05, 0) is 13.3 Å². The summed E-state index contributed by atoms with van der Waals surface area (Å²) in [5.41, 5.74) is 1.53. The van der Waals surface area contributed by atoms with E-state index in [-0.39, 0.29) is 0 Å². The van der Waals surface area contributed by atoms with E-state index in [0.29, 0.717) is 17.0 Å². The van der Waals surface area contributed by atoms with Crippen LogP contribution < -0.4 is 0 Å². The Morgan fingerprint density at radius 1 is 1.50 bits per heavy atom. The molecule has 0 bridgehead atoms. The number of hydrogen-bond donors (Lipinski definition) is 0. The van der Waals surface area contributed by atoms with Gasteiger partial charge in [0.2, 0.25) is 0 Å². The molecule has 1 aliphatic rings.